The van der Waals surface area contributed by atoms with Gasteiger partial charge in [0, 0.05) is 13.6 Å². The van der Waals surface area contributed by atoms with Crippen LogP contribution in [0.25, 0.3) is 0 Å². The number of hydrogen-bond donors (Lipinski definition) is 0. The van der Waals surface area contributed by atoms with Gasteiger partial charge in [-0.15, -0.1) is 0 Å². The lowest BCUT2D eigenvalue weighted by Crippen LogP contribution is -2.19. The Morgan fingerprint density at radius 2 is 1.82 bits per heavy atom. The number of hydrogen-bond acceptors (Lipinski definition) is 2. The van der Waals surface area contributed by atoms with Gasteiger partial charge in [0.25, 0.3) is 0 Å². The predicted molar refractivity (Wildman–Crippen MR) is 48.4 cm³/mol. The zero-order chi connectivity index (χ0) is 8.53. The third kappa shape index (κ3) is 7.82. The van der Waals surface area contributed by atoms with Crippen LogP contribution in [0.4, 0.5) is 0 Å². The highest BCUT2D eigenvalue weighted by atomic mass is 16.7. The zero-order valence-electron chi connectivity index (χ0n) is 8.10. The Balaban J connectivity index is 2.97. The van der Waals surface area contributed by atoms with Crippen LogP contribution >= 0.6 is 0 Å². The monoisotopic (exact) mass is 159 g/mol. The standard InChI is InChI=1S/C9H21NO/c1-4-6-7-8-9-10(3)11-5-2/h4-9H2,1-3H3. The number of unbranched alkanes of at least 4 members (excludes halogenated alkanes) is 3. The molecule has 0 aliphatic heterocycles. The summed E-state index contributed by atoms with van der Waals surface area (Å²) < 4.78 is 0. The lowest BCUT2D eigenvalue weighted by molar-refractivity contribution is -0.135. The molecule has 0 heterocycles. The van der Waals surface area contributed by atoms with Crippen LogP contribution in [0.3, 0.4) is 0 Å². The minimum absolute atomic E-state index is 0.782. The van der Waals surface area contributed by atoms with E-state index in [0.29, 0.717) is 0 Å². The summed E-state index contributed by atoms with van der Waals surface area (Å²) in [6, 6.07) is 0. The van der Waals surface area contributed by atoms with Crippen LogP contribution in [-0.4, -0.2) is 25.3 Å². The van der Waals surface area contributed by atoms with Crippen molar-refractivity contribution >= 4 is 0 Å². The number of rotatable bonds is 7. The van der Waals surface area contributed by atoms with Gasteiger partial charge in [-0.05, 0) is 13.3 Å². The van der Waals surface area contributed by atoms with E-state index in [1.807, 2.05) is 19.0 Å². The Labute approximate surface area is 70.5 Å². The fourth-order valence-electron chi connectivity index (χ4n) is 1.05. The molecule has 2 heteroatoms. The second-order valence-corrected chi connectivity index (χ2v) is 2.83. The molecule has 0 radical (unpaired) electrons. The van der Waals surface area contributed by atoms with E-state index in [0.717, 1.165) is 13.2 Å². The van der Waals surface area contributed by atoms with Crippen molar-refractivity contribution < 1.29 is 4.84 Å². The molecular weight excluding hydrogens is 138 g/mol. The molecule has 0 N–H and O–H groups in total. The Morgan fingerprint density at radius 1 is 1.09 bits per heavy atom. The Kier molecular flexibility index (Phi) is 7.96. The molecule has 0 aromatic rings. The molecule has 2 nitrogen and oxygen atoms in total. The molecule has 0 spiro atoms. The minimum Gasteiger partial charge on any atom is -0.300 e. The van der Waals surface area contributed by atoms with E-state index >= 15 is 0 Å². The average Bonchev–Trinajstić information content (AvgIpc) is 1.99. The Morgan fingerprint density at radius 3 is 2.36 bits per heavy atom. The van der Waals surface area contributed by atoms with Crippen LogP contribution in [0.5, 0.6) is 0 Å². The first-order chi connectivity index (χ1) is 5.31. The van der Waals surface area contributed by atoms with Crippen molar-refractivity contribution in [2.75, 3.05) is 20.2 Å². The van der Waals surface area contributed by atoms with Crippen molar-refractivity contribution in [3.05, 3.63) is 0 Å². The lowest BCUT2D eigenvalue weighted by Gasteiger charge is -2.14. The van der Waals surface area contributed by atoms with Crippen LogP contribution in [0.2, 0.25) is 0 Å². The van der Waals surface area contributed by atoms with E-state index in [4.69, 9.17) is 4.84 Å². The summed E-state index contributed by atoms with van der Waals surface area (Å²) in [5.74, 6) is 0. The van der Waals surface area contributed by atoms with Crippen molar-refractivity contribution in [1.82, 2.24) is 5.06 Å². The largest absolute Gasteiger partial charge is 0.300 e. The molecule has 68 valence electrons. The van der Waals surface area contributed by atoms with Gasteiger partial charge >= 0.3 is 0 Å². The van der Waals surface area contributed by atoms with E-state index < -0.39 is 0 Å². The van der Waals surface area contributed by atoms with Gasteiger partial charge in [0.15, 0.2) is 0 Å². The van der Waals surface area contributed by atoms with Crippen LogP contribution in [0.15, 0.2) is 0 Å². The minimum atomic E-state index is 0.782. The summed E-state index contributed by atoms with van der Waals surface area (Å²) in [7, 11) is 2.00. The summed E-state index contributed by atoms with van der Waals surface area (Å²) in [5, 5.41) is 1.93. The van der Waals surface area contributed by atoms with Gasteiger partial charge < -0.3 is 0 Å². The lowest BCUT2D eigenvalue weighted by atomic mass is 10.2. The zero-order valence-corrected chi connectivity index (χ0v) is 8.10. The molecule has 0 aromatic heterocycles. The van der Waals surface area contributed by atoms with Crippen molar-refractivity contribution in [3.63, 3.8) is 0 Å². The smallest absolute Gasteiger partial charge is 0.0656 e. The van der Waals surface area contributed by atoms with Gasteiger partial charge in [-0.1, -0.05) is 26.2 Å². The quantitative estimate of drug-likeness (QED) is 0.418. The summed E-state index contributed by atoms with van der Waals surface area (Å²) in [6.07, 6.45) is 5.23. The molecule has 0 unspecified atom stereocenters. The molecule has 0 bridgehead atoms. The predicted octanol–water partition coefficient (Wildman–Crippen LogP) is 2.45. The molecule has 11 heavy (non-hydrogen) atoms. The van der Waals surface area contributed by atoms with Crippen LogP contribution < -0.4 is 0 Å². The molecule has 0 amide bonds. The first kappa shape index (κ1) is 10.9. The van der Waals surface area contributed by atoms with Crippen molar-refractivity contribution in [3.8, 4) is 0 Å². The van der Waals surface area contributed by atoms with Crippen LogP contribution in [-0.2, 0) is 4.84 Å². The highest BCUT2D eigenvalue weighted by Crippen LogP contribution is 1.99. The maximum Gasteiger partial charge on any atom is 0.0656 e. The van der Waals surface area contributed by atoms with E-state index in [1.165, 1.54) is 25.7 Å². The van der Waals surface area contributed by atoms with Crippen LogP contribution in [0, 0.1) is 0 Å². The first-order valence-corrected chi connectivity index (χ1v) is 4.65. The summed E-state index contributed by atoms with van der Waals surface area (Å²) in [4.78, 5) is 5.26. The molecule has 0 saturated heterocycles. The fourth-order valence-corrected chi connectivity index (χ4v) is 1.05. The summed E-state index contributed by atoms with van der Waals surface area (Å²) in [6.45, 7) is 6.09. The van der Waals surface area contributed by atoms with Gasteiger partial charge in [-0.2, -0.15) is 5.06 Å². The first-order valence-electron chi connectivity index (χ1n) is 4.65. The van der Waals surface area contributed by atoms with E-state index in [9.17, 15) is 0 Å². The molecule has 0 aromatic carbocycles. The van der Waals surface area contributed by atoms with Gasteiger partial charge in [0.2, 0.25) is 0 Å². The third-order valence-corrected chi connectivity index (χ3v) is 1.68. The van der Waals surface area contributed by atoms with Crippen LogP contribution in [0.1, 0.15) is 39.5 Å². The topological polar surface area (TPSA) is 12.5 Å². The van der Waals surface area contributed by atoms with Crippen molar-refractivity contribution in [2.24, 2.45) is 0 Å². The molecule has 0 atom stereocenters. The molecule has 0 saturated carbocycles. The van der Waals surface area contributed by atoms with Gasteiger partial charge in [0.05, 0.1) is 6.61 Å². The van der Waals surface area contributed by atoms with E-state index in [2.05, 4.69) is 6.92 Å². The molecular formula is C9H21NO. The van der Waals surface area contributed by atoms with Gasteiger partial charge in [-0.3, -0.25) is 4.84 Å². The van der Waals surface area contributed by atoms with Crippen molar-refractivity contribution in [1.29, 1.82) is 0 Å². The highest BCUT2D eigenvalue weighted by molar-refractivity contribution is 4.42. The van der Waals surface area contributed by atoms with E-state index in [1.54, 1.807) is 0 Å². The average molecular weight is 159 g/mol. The maximum absolute atomic E-state index is 5.26. The normalized spacial score (nSPS) is 10.9. The molecule has 0 rings (SSSR count). The molecule has 0 aliphatic rings. The fraction of sp³-hybridized carbons (Fsp3) is 1.00. The van der Waals surface area contributed by atoms with Gasteiger partial charge in [0.1, 0.15) is 0 Å². The van der Waals surface area contributed by atoms with Gasteiger partial charge in [-0.25, -0.2) is 0 Å². The summed E-state index contributed by atoms with van der Waals surface area (Å²) in [5.41, 5.74) is 0. The Bertz CT molecular complexity index is 76.0. The SMILES string of the molecule is CCCCCCN(C)OCC. The highest BCUT2D eigenvalue weighted by Gasteiger charge is 1.94. The number of nitrogens with zero attached hydrogens (tertiary/aromatic N) is 1. The summed E-state index contributed by atoms with van der Waals surface area (Å²) >= 11 is 0. The Hall–Kier alpha value is -0.0800. The van der Waals surface area contributed by atoms with E-state index in [-0.39, 0.29) is 0 Å². The third-order valence-electron chi connectivity index (χ3n) is 1.68. The van der Waals surface area contributed by atoms with Crippen molar-refractivity contribution in [2.45, 2.75) is 39.5 Å². The molecule has 0 aliphatic carbocycles. The maximum atomic E-state index is 5.26. The number of hydroxylamine groups is 2. The second kappa shape index (κ2) is 8.02. The second-order valence-electron chi connectivity index (χ2n) is 2.83. The molecule has 0 fully saturated rings.